The molecule has 1 aliphatic rings. The monoisotopic (exact) mass is 250 g/mol. The number of ether oxygens (including phenoxy) is 2. The van der Waals surface area contributed by atoms with E-state index < -0.39 is 0 Å². The number of hydrogen-bond donors (Lipinski definition) is 1. The van der Waals surface area contributed by atoms with Gasteiger partial charge in [0.15, 0.2) is 0 Å². The summed E-state index contributed by atoms with van der Waals surface area (Å²) < 4.78 is 10.8. The van der Waals surface area contributed by atoms with Crippen LogP contribution in [0.5, 0.6) is 11.5 Å². The fraction of sp³-hybridized carbons (Fsp3) is 0.571. The smallest absolute Gasteiger partial charge is 0.142 e. The van der Waals surface area contributed by atoms with Crippen molar-refractivity contribution in [1.29, 1.82) is 0 Å². The zero-order chi connectivity index (χ0) is 13.0. The molecular weight excluding hydrogens is 228 g/mol. The summed E-state index contributed by atoms with van der Waals surface area (Å²) in [7, 11) is 3.41. The van der Waals surface area contributed by atoms with Crippen LogP contribution in [-0.4, -0.2) is 39.9 Å². The Morgan fingerprint density at radius 2 is 2.06 bits per heavy atom. The Balaban J connectivity index is 2.33. The molecule has 1 N–H and O–H groups in total. The van der Waals surface area contributed by atoms with Crippen molar-refractivity contribution in [2.45, 2.75) is 19.4 Å². The number of nitrogens with zero attached hydrogens (tertiary/aromatic N) is 1. The largest absolute Gasteiger partial charge is 0.497 e. The summed E-state index contributed by atoms with van der Waals surface area (Å²) in [5.74, 6) is 1.78. The lowest BCUT2D eigenvalue weighted by molar-refractivity contribution is 0.401. The van der Waals surface area contributed by atoms with E-state index in [9.17, 15) is 0 Å². The highest BCUT2D eigenvalue weighted by Crippen LogP contribution is 2.34. The SMILES string of the molecule is COc1ccc(OC)c(N2CCNCCC2C)c1. The van der Waals surface area contributed by atoms with Gasteiger partial charge in [0.25, 0.3) is 0 Å². The van der Waals surface area contributed by atoms with Gasteiger partial charge in [-0.25, -0.2) is 0 Å². The van der Waals surface area contributed by atoms with Crippen LogP contribution < -0.4 is 19.7 Å². The van der Waals surface area contributed by atoms with E-state index >= 15 is 0 Å². The van der Waals surface area contributed by atoms with Crippen LogP contribution in [0.4, 0.5) is 5.69 Å². The molecule has 0 amide bonds. The zero-order valence-corrected chi connectivity index (χ0v) is 11.4. The predicted molar refractivity (Wildman–Crippen MR) is 73.8 cm³/mol. The van der Waals surface area contributed by atoms with Gasteiger partial charge in [-0.05, 0) is 32.0 Å². The molecule has 0 bridgehead atoms. The number of rotatable bonds is 3. The lowest BCUT2D eigenvalue weighted by Gasteiger charge is -2.30. The molecule has 1 atom stereocenters. The van der Waals surface area contributed by atoms with Crippen LogP contribution in [0.3, 0.4) is 0 Å². The van der Waals surface area contributed by atoms with Crippen molar-refractivity contribution >= 4 is 5.69 Å². The highest BCUT2D eigenvalue weighted by atomic mass is 16.5. The second-order valence-electron chi connectivity index (χ2n) is 4.62. The summed E-state index contributed by atoms with van der Waals surface area (Å²) in [5, 5.41) is 3.43. The molecule has 18 heavy (non-hydrogen) atoms. The Kier molecular flexibility index (Phi) is 4.31. The molecular formula is C14H22N2O2. The van der Waals surface area contributed by atoms with Crippen molar-refractivity contribution in [3.8, 4) is 11.5 Å². The Labute approximate surface area is 109 Å². The van der Waals surface area contributed by atoms with Crippen molar-refractivity contribution in [2.24, 2.45) is 0 Å². The molecule has 4 heteroatoms. The molecule has 0 spiro atoms. The maximum Gasteiger partial charge on any atom is 0.142 e. The number of anilines is 1. The van der Waals surface area contributed by atoms with Crippen LogP contribution in [0.1, 0.15) is 13.3 Å². The van der Waals surface area contributed by atoms with Crippen LogP contribution in [0.15, 0.2) is 18.2 Å². The third-order valence-corrected chi connectivity index (χ3v) is 3.50. The van der Waals surface area contributed by atoms with Crippen LogP contribution in [0, 0.1) is 0 Å². The minimum absolute atomic E-state index is 0.501. The Hall–Kier alpha value is -1.42. The molecule has 100 valence electrons. The zero-order valence-electron chi connectivity index (χ0n) is 11.4. The average molecular weight is 250 g/mol. The summed E-state index contributed by atoms with van der Waals surface area (Å²) in [5.41, 5.74) is 1.12. The molecule has 2 rings (SSSR count). The second-order valence-corrected chi connectivity index (χ2v) is 4.62. The van der Waals surface area contributed by atoms with Gasteiger partial charge in [-0.1, -0.05) is 0 Å². The molecule has 1 unspecified atom stereocenters. The van der Waals surface area contributed by atoms with E-state index in [0.29, 0.717) is 6.04 Å². The lowest BCUT2D eigenvalue weighted by Crippen LogP contribution is -2.34. The molecule has 4 nitrogen and oxygen atoms in total. The van der Waals surface area contributed by atoms with Crippen LogP contribution in [0.2, 0.25) is 0 Å². The number of nitrogens with one attached hydrogen (secondary N) is 1. The maximum atomic E-state index is 5.47. The van der Waals surface area contributed by atoms with Crippen molar-refractivity contribution in [3.05, 3.63) is 18.2 Å². The maximum absolute atomic E-state index is 5.47. The van der Waals surface area contributed by atoms with Crippen molar-refractivity contribution in [3.63, 3.8) is 0 Å². The third kappa shape index (κ3) is 2.70. The van der Waals surface area contributed by atoms with Gasteiger partial charge < -0.3 is 19.7 Å². The third-order valence-electron chi connectivity index (χ3n) is 3.50. The van der Waals surface area contributed by atoms with Gasteiger partial charge in [-0.2, -0.15) is 0 Å². The molecule has 1 aromatic carbocycles. The molecule has 0 radical (unpaired) electrons. The number of methoxy groups -OCH3 is 2. The van der Waals surface area contributed by atoms with E-state index in [4.69, 9.17) is 9.47 Å². The van der Waals surface area contributed by atoms with E-state index in [1.54, 1.807) is 14.2 Å². The first-order valence-electron chi connectivity index (χ1n) is 6.45. The quantitative estimate of drug-likeness (QED) is 0.888. The normalized spacial score (nSPS) is 20.4. The summed E-state index contributed by atoms with van der Waals surface area (Å²) >= 11 is 0. The van der Waals surface area contributed by atoms with E-state index in [-0.39, 0.29) is 0 Å². The lowest BCUT2D eigenvalue weighted by atomic mass is 10.1. The van der Waals surface area contributed by atoms with Crippen LogP contribution in [-0.2, 0) is 0 Å². The van der Waals surface area contributed by atoms with Gasteiger partial charge in [-0.15, -0.1) is 0 Å². The minimum Gasteiger partial charge on any atom is -0.497 e. The van der Waals surface area contributed by atoms with Crippen LogP contribution in [0.25, 0.3) is 0 Å². The van der Waals surface area contributed by atoms with Crippen molar-refractivity contribution < 1.29 is 9.47 Å². The summed E-state index contributed by atoms with van der Waals surface area (Å²) in [4.78, 5) is 2.39. The Morgan fingerprint density at radius 1 is 1.22 bits per heavy atom. The Morgan fingerprint density at radius 3 is 2.78 bits per heavy atom. The first-order chi connectivity index (χ1) is 8.76. The van der Waals surface area contributed by atoms with Gasteiger partial charge in [-0.3, -0.25) is 0 Å². The second kappa shape index (κ2) is 5.96. The number of benzene rings is 1. The van der Waals surface area contributed by atoms with Crippen molar-refractivity contribution in [2.75, 3.05) is 38.8 Å². The highest BCUT2D eigenvalue weighted by Gasteiger charge is 2.20. The number of hydrogen-bond acceptors (Lipinski definition) is 4. The molecule has 1 aromatic rings. The van der Waals surface area contributed by atoms with Gasteiger partial charge in [0.1, 0.15) is 11.5 Å². The first kappa shape index (κ1) is 13.0. The summed E-state index contributed by atoms with van der Waals surface area (Å²) in [6.45, 7) is 5.32. The predicted octanol–water partition coefficient (Wildman–Crippen LogP) is 1.89. The van der Waals surface area contributed by atoms with Gasteiger partial charge in [0, 0.05) is 25.2 Å². The minimum atomic E-state index is 0.501. The molecule has 1 fully saturated rings. The molecule has 1 aliphatic heterocycles. The molecule has 0 aromatic heterocycles. The standard InChI is InChI=1S/C14H22N2O2/c1-11-6-7-15-8-9-16(11)13-10-12(17-2)4-5-14(13)18-3/h4-5,10-11,15H,6-9H2,1-3H3. The molecule has 0 saturated carbocycles. The Bertz CT molecular complexity index is 395. The summed E-state index contributed by atoms with van der Waals surface area (Å²) in [6.07, 6.45) is 1.14. The fourth-order valence-electron chi connectivity index (χ4n) is 2.39. The van der Waals surface area contributed by atoms with E-state index in [1.807, 2.05) is 12.1 Å². The summed E-state index contributed by atoms with van der Waals surface area (Å²) in [6, 6.07) is 6.46. The van der Waals surface area contributed by atoms with Gasteiger partial charge in [0.05, 0.1) is 19.9 Å². The first-order valence-corrected chi connectivity index (χ1v) is 6.45. The van der Waals surface area contributed by atoms with E-state index in [0.717, 1.165) is 43.2 Å². The topological polar surface area (TPSA) is 33.7 Å². The average Bonchev–Trinajstić information content (AvgIpc) is 2.62. The fourth-order valence-corrected chi connectivity index (χ4v) is 2.39. The van der Waals surface area contributed by atoms with Crippen molar-refractivity contribution in [1.82, 2.24) is 5.32 Å². The van der Waals surface area contributed by atoms with Gasteiger partial charge >= 0.3 is 0 Å². The molecule has 1 saturated heterocycles. The van der Waals surface area contributed by atoms with Gasteiger partial charge in [0.2, 0.25) is 0 Å². The van der Waals surface area contributed by atoms with Crippen LogP contribution >= 0.6 is 0 Å². The van der Waals surface area contributed by atoms with E-state index in [1.165, 1.54) is 0 Å². The highest BCUT2D eigenvalue weighted by molar-refractivity contribution is 5.62. The van der Waals surface area contributed by atoms with E-state index in [2.05, 4.69) is 23.2 Å². The molecule has 1 heterocycles. The molecule has 0 aliphatic carbocycles.